The van der Waals surface area contributed by atoms with Gasteiger partial charge in [-0.05, 0) is 45.7 Å². The molecule has 1 nitrogen and oxygen atoms in total. The van der Waals surface area contributed by atoms with E-state index in [4.69, 9.17) is 0 Å². The van der Waals surface area contributed by atoms with Crippen molar-refractivity contribution in [1.82, 2.24) is 4.90 Å². The summed E-state index contributed by atoms with van der Waals surface area (Å²) in [5.74, 6) is 0. The summed E-state index contributed by atoms with van der Waals surface area (Å²) in [6, 6.07) is 9.85. The topological polar surface area (TPSA) is 3.24 Å². The van der Waals surface area contributed by atoms with E-state index in [0.29, 0.717) is 12.1 Å². The zero-order valence-electron chi connectivity index (χ0n) is 10.6. The summed E-state index contributed by atoms with van der Waals surface area (Å²) in [4.78, 5) is 2.52. The molecule has 0 N–H and O–H groups in total. The molecule has 0 saturated heterocycles. The van der Waals surface area contributed by atoms with E-state index in [2.05, 4.69) is 63.8 Å². The van der Waals surface area contributed by atoms with E-state index in [1.165, 1.54) is 11.1 Å². The van der Waals surface area contributed by atoms with Crippen LogP contribution < -0.4 is 0 Å². The Hall–Kier alpha value is -0.820. The Morgan fingerprint density at radius 3 is 2.00 bits per heavy atom. The smallest absolute Gasteiger partial charge is 0.0241 e. The average molecular weight is 205 g/mol. The molecule has 0 saturated carbocycles. The average Bonchev–Trinajstić information content (AvgIpc) is 2.15. The molecule has 0 atom stereocenters. The fraction of sp³-hybridized carbons (Fsp3) is 0.571. The van der Waals surface area contributed by atoms with E-state index in [1.54, 1.807) is 0 Å². The van der Waals surface area contributed by atoms with E-state index in [9.17, 15) is 0 Å². The second-order valence-corrected chi connectivity index (χ2v) is 4.79. The van der Waals surface area contributed by atoms with Crippen LogP contribution in [0.5, 0.6) is 0 Å². The lowest BCUT2D eigenvalue weighted by molar-refractivity contribution is 0.165. The van der Waals surface area contributed by atoms with Crippen molar-refractivity contribution in [2.45, 2.75) is 53.2 Å². The van der Waals surface area contributed by atoms with Crippen LogP contribution in [0.15, 0.2) is 24.3 Å². The third kappa shape index (κ3) is 3.35. The summed E-state index contributed by atoms with van der Waals surface area (Å²) in [5, 5.41) is 0. The molecule has 1 aromatic rings. The largest absolute Gasteiger partial charge is 0.294 e. The standard InChI is InChI=1S/C14H23N/c1-11(2)15(12(3)4)10-14-9-7-6-8-13(14)5/h6-9,11-12H,10H2,1-5H3. The van der Waals surface area contributed by atoms with Crippen LogP contribution in [-0.2, 0) is 6.54 Å². The van der Waals surface area contributed by atoms with Crippen LogP contribution in [0.3, 0.4) is 0 Å². The lowest BCUT2D eigenvalue weighted by Gasteiger charge is -2.31. The molecule has 0 aliphatic heterocycles. The molecule has 0 aliphatic carbocycles. The van der Waals surface area contributed by atoms with Gasteiger partial charge in [0.05, 0.1) is 0 Å². The summed E-state index contributed by atoms with van der Waals surface area (Å²) in [5.41, 5.74) is 2.84. The number of aryl methyl sites for hydroxylation is 1. The maximum Gasteiger partial charge on any atom is 0.0241 e. The van der Waals surface area contributed by atoms with Gasteiger partial charge in [-0.3, -0.25) is 4.90 Å². The molecule has 0 aromatic heterocycles. The van der Waals surface area contributed by atoms with Crippen LogP contribution in [0.2, 0.25) is 0 Å². The predicted octanol–water partition coefficient (Wildman–Crippen LogP) is 3.61. The van der Waals surface area contributed by atoms with Gasteiger partial charge in [0.15, 0.2) is 0 Å². The summed E-state index contributed by atoms with van der Waals surface area (Å²) >= 11 is 0. The van der Waals surface area contributed by atoms with E-state index >= 15 is 0 Å². The molecule has 0 amide bonds. The Morgan fingerprint density at radius 2 is 1.53 bits per heavy atom. The van der Waals surface area contributed by atoms with Crippen LogP contribution in [-0.4, -0.2) is 17.0 Å². The second-order valence-electron chi connectivity index (χ2n) is 4.79. The number of hydrogen-bond donors (Lipinski definition) is 0. The summed E-state index contributed by atoms with van der Waals surface area (Å²) in [6.07, 6.45) is 0. The molecule has 0 unspecified atom stereocenters. The minimum absolute atomic E-state index is 0.601. The van der Waals surface area contributed by atoms with Crippen LogP contribution >= 0.6 is 0 Å². The van der Waals surface area contributed by atoms with Crippen molar-refractivity contribution in [3.63, 3.8) is 0 Å². The van der Waals surface area contributed by atoms with Crippen molar-refractivity contribution in [2.75, 3.05) is 0 Å². The number of benzene rings is 1. The van der Waals surface area contributed by atoms with Crippen molar-refractivity contribution in [1.29, 1.82) is 0 Å². The highest BCUT2D eigenvalue weighted by Crippen LogP contribution is 2.14. The lowest BCUT2D eigenvalue weighted by atomic mass is 10.1. The first kappa shape index (κ1) is 12.3. The molecule has 0 fully saturated rings. The van der Waals surface area contributed by atoms with Crippen LogP contribution in [0.1, 0.15) is 38.8 Å². The maximum absolute atomic E-state index is 2.52. The number of hydrogen-bond acceptors (Lipinski definition) is 1. The molecule has 0 radical (unpaired) electrons. The van der Waals surface area contributed by atoms with Gasteiger partial charge in [-0.15, -0.1) is 0 Å². The molecule has 1 rings (SSSR count). The minimum atomic E-state index is 0.601. The monoisotopic (exact) mass is 205 g/mol. The zero-order chi connectivity index (χ0) is 11.4. The molecule has 1 aromatic carbocycles. The van der Waals surface area contributed by atoms with Crippen LogP contribution in [0.25, 0.3) is 0 Å². The molecule has 0 bridgehead atoms. The van der Waals surface area contributed by atoms with Gasteiger partial charge in [-0.2, -0.15) is 0 Å². The van der Waals surface area contributed by atoms with E-state index in [1.807, 2.05) is 0 Å². The van der Waals surface area contributed by atoms with Gasteiger partial charge < -0.3 is 0 Å². The Labute approximate surface area is 94.1 Å². The van der Waals surface area contributed by atoms with E-state index in [0.717, 1.165) is 6.54 Å². The van der Waals surface area contributed by atoms with Crippen molar-refractivity contribution >= 4 is 0 Å². The maximum atomic E-state index is 2.52. The minimum Gasteiger partial charge on any atom is -0.294 e. The summed E-state index contributed by atoms with van der Waals surface area (Å²) < 4.78 is 0. The SMILES string of the molecule is Cc1ccccc1CN(C(C)C)C(C)C. The van der Waals surface area contributed by atoms with Crippen molar-refractivity contribution in [3.8, 4) is 0 Å². The zero-order valence-corrected chi connectivity index (χ0v) is 10.6. The van der Waals surface area contributed by atoms with Crippen molar-refractivity contribution < 1.29 is 0 Å². The molecule has 15 heavy (non-hydrogen) atoms. The van der Waals surface area contributed by atoms with Crippen LogP contribution in [0.4, 0.5) is 0 Å². The third-order valence-electron chi connectivity index (χ3n) is 2.94. The molecular weight excluding hydrogens is 182 g/mol. The molecule has 0 aliphatic rings. The quantitative estimate of drug-likeness (QED) is 0.725. The van der Waals surface area contributed by atoms with Crippen LogP contribution in [0, 0.1) is 6.92 Å². The Morgan fingerprint density at radius 1 is 1.00 bits per heavy atom. The van der Waals surface area contributed by atoms with Gasteiger partial charge in [0.25, 0.3) is 0 Å². The normalized spacial score (nSPS) is 11.7. The first-order chi connectivity index (χ1) is 7.02. The molecule has 1 heteroatoms. The first-order valence-electron chi connectivity index (χ1n) is 5.82. The fourth-order valence-electron chi connectivity index (χ4n) is 1.95. The van der Waals surface area contributed by atoms with E-state index in [-0.39, 0.29) is 0 Å². The number of nitrogens with zero attached hydrogens (tertiary/aromatic N) is 1. The number of rotatable bonds is 4. The Balaban J connectivity index is 2.79. The Bertz CT molecular complexity index is 294. The van der Waals surface area contributed by atoms with Gasteiger partial charge in [-0.25, -0.2) is 0 Å². The first-order valence-corrected chi connectivity index (χ1v) is 5.82. The summed E-state index contributed by atoms with van der Waals surface area (Å²) in [6.45, 7) is 12.3. The van der Waals surface area contributed by atoms with Gasteiger partial charge in [0.1, 0.15) is 0 Å². The third-order valence-corrected chi connectivity index (χ3v) is 2.94. The highest BCUT2D eigenvalue weighted by Gasteiger charge is 2.14. The molecule has 84 valence electrons. The summed E-state index contributed by atoms with van der Waals surface area (Å²) in [7, 11) is 0. The van der Waals surface area contributed by atoms with Gasteiger partial charge >= 0.3 is 0 Å². The second kappa shape index (κ2) is 5.32. The molecule has 0 heterocycles. The van der Waals surface area contributed by atoms with Crippen molar-refractivity contribution in [3.05, 3.63) is 35.4 Å². The lowest BCUT2D eigenvalue weighted by Crippen LogP contribution is -2.36. The Kier molecular flexibility index (Phi) is 4.34. The highest BCUT2D eigenvalue weighted by molar-refractivity contribution is 5.25. The molecule has 0 spiro atoms. The van der Waals surface area contributed by atoms with Gasteiger partial charge in [0.2, 0.25) is 0 Å². The highest BCUT2D eigenvalue weighted by atomic mass is 15.2. The van der Waals surface area contributed by atoms with Gasteiger partial charge in [0, 0.05) is 18.6 Å². The van der Waals surface area contributed by atoms with E-state index < -0.39 is 0 Å². The van der Waals surface area contributed by atoms with Gasteiger partial charge in [-0.1, -0.05) is 24.3 Å². The molecular formula is C14H23N. The van der Waals surface area contributed by atoms with Crippen molar-refractivity contribution in [2.24, 2.45) is 0 Å². The fourth-order valence-corrected chi connectivity index (χ4v) is 1.95. The predicted molar refractivity (Wildman–Crippen MR) is 67.0 cm³/mol.